The number of imide groups is 1. The summed E-state index contributed by atoms with van der Waals surface area (Å²) in [4.78, 5) is 25.9. The molecular formula is C18H30N2O3. The molecule has 2 atom stereocenters. The van der Waals surface area contributed by atoms with Crippen molar-refractivity contribution in [1.29, 1.82) is 0 Å². The van der Waals surface area contributed by atoms with Crippen LogP contribution in [0.15, 0.2) is 25.3 Å². The Morgan fingerprint density at radius 3 is 2.30 bits per heavy atom. The lowest BCUT2D eigenvalue weighted by Gasteiger charge is -2.28. The van der Waals surface area contributed by atoms with Crippen molar-refractivity contribution in [2.45, 2.75) is 77.0 Å². The van der Waals surface area contributed by atoms with E-state index in [9.17, 15) is 9.59 Å². The Labute approximate surface area is 139 Å². The number of rotatable bonds is 8. The van der Waals surface area contributed by atoms with Crippen molar-refractivity contribution in [3.05, 3.63) is 25.3 Å². The number of nitrogens with zero attached hydrogens (tertiary/aromatic N) is 1. The molecule has 1 N–H and O–H groups in total. The molecule has 0 saturated carbocycles. The molecule has 5 nitrogen and oxygen atoms in total. The van der Waals surface area contributed by atoms with E-state index in [0.717, 1.165) is 38.5 Å². The highest BCUT2D eigenvalue weighted by atomic mass is 16.6. The molecule has 0 unspecified atom stereocenters. The third kappa shape index (κ3) is 6.08. The lowest BCUT2D eigenvalue weighted by molar-refractivity contribution is 0.0280. The summed E-state index contributed by atoms with van der Waals surface area (Å²) in [5, 5.41) is 2.93. The largest absolute Gasteiger partial charge is 0.443 e. The van der Waals surface area contributed by atoms with E-state index in [1.54, 1.807) is 20.8 Å². The topological polar surface area (TPSA) is 58.6 Å². The maximum Gasteiger partial charge on any atom is 0.418 e. The van der Waals surface area contributed by atoms with Crippen molar-refractivity contribution in [1.82, 2.24) is 10.2 Å². The minimum atomic E-state index is -0.621. The van der Waals surface area contributed by atoms with E-state index in [2.05, 4.69) is 18.5 Å². The van der Waals surface area contributed by atoms with Crippen LogP contribution in [0.25, 0.3) is 0 Å². The molecule has 0 aromatic carbocycles. The SMILES string of the molecule is C=CCCC[C@@H]1NC(=O)N(C(=O)OC(C)(C)C)[C@H]1CCCC=C. The summed E-state index contributed by atoms with van der Waals surface area (Å²) in [5.74, 6) is 0. The van der Waals surface area contributed by atoms with Crippen LogP contribution < -0.4 is 5.32 Å². The lowest BCUT2D eigenvalue weighted by Crippen LogP contribution is -2.44. The summed E-state index contributed by atoms with van der Waals surface area (Å²) in [6.07, 6.45) is 8.34. The van der Waals surface area contributed by atoms with E-state index in [4.69, 9.17) is 4.74 Å². The maximum atomic E-state index is 12.4. The Bertz CT molecular complexity index is 440. The third-order valence-corrected chi connectivity index (χ3v) is 3.75. The zero-order valence-electron chi connectivity index (χ0n) is 14.6. The first-order valence-corrected chi connectivity index (χ1v) is 8.34. The van der Waals surface area contributed by atoms with Gasteiger partial charge in [-0.1, -0.05) is 12.2 Å². The third-order valence-electron chi connectivity index (χ3n) is 3.75. The first kappa shape index (κ1) is 19.3. The maximum absolute atomic E-state index is 12.4. The molecule has 1 saturated heterocycles. The number of hydrogen-bond acceptors (Lipinski definition) is 3. The molecule has 0 aromatic heterocycles. The van der Waals surface area contributed by atoms with Gasteiger partial charge in [0.1, 0.15) is 5.60 Å². The Kier molecular flexibility index (Phi) is 7.33. The first-order chi connectivity index (χ1) is 10.8. The van der Waals surface area contributed by atoms with Crippen LogP contribution >= 0.6 is 0 Å². The zero-order chi connectivity index (χ0) is 17.5. The minimum absolute atomic E-state index is 0.0280. The van der Waals surface area contributed by atoms with Gasteiger partial charge >= 0.3 is 12.1 Å². The van der Waals surface area contributed by atoms with Crippen molar-refractivity contribution in [2.75, 3.05) is 0 Å². The molecule has 130 valence electrons. The van der Waals surface area contributed by atoms with Gasteiger partial charge in [-0.3, -0.25) is 0 Å². The normalized spacial score (nSPS) is 21.0. The second-order valence-electron chi connectivity index (χ2n) is 6.91. The lowest BCUT2D eigenvalue weighted by atomic mass is 9.97. The van der Waals surface area contributed by atoms with Gasteiger partial charge in [0.2, 0.25) is 0 Å². The number of carbonyl (C=O) groups excluding carboxylic acids is 2. The highest BCUT2D eigenvalue weighted by Gasteiger charge is 2.43. The molecule has 0 aliphatic carbocycles. The van der Waals surface area contributed by atoms with Gasteiger partial charge in [0.25, 0.3) is 0 Å². The van der Waals surface area contributed by atoms with Crippen LogP contribution in [0.5, 0.6) is 0 Å². The Balaban J connectivity index is 2.81. The highest BCUT2D eigenvalue weighted by Crippen LogP contribution is 2.25. The van der Waals surface area contributed by atoms with E-state index >= 15 is 0 Å². The Hall–Kier alpha value is -1.78. The summed E-state index contributed by atoms with van der Waals surface area (Å²) in [6.45, 7) is 12.8. The van der Waals surface area contributed by atoms with Crippen molar-refractivity contribution in [3.63, 3.8) is 0 Å². The number of ether oxygens (including phenoxy) is 1. The molecule has 23 heavy (non-hydrogen) atoms. The van der Waals surface area contributed by atoms with Gasteiger partial charge in [-0.25, -0.2) is 14.5 Å². The van der Waals surface area contributed by atoms with Crippen molar-refractivity contribution >= 4 is 12.1 Å². The van der Waals surface area contributed by atoms with Crippen molar-refractivity contribution < 1.29 is 14.3 Å². The molecule has 0 aromatic rings. The number of unbranched alkanes of at least 4 members (excludes halogenated alkanes) is 2. The van der Waals surface area contributed by atoms with Gasteiger partial charge in [-0.05, 0) is 59.3 Å². The standard InChI is InChI=1S/C18H30N2O3/c1-6-8-10-12-14-15(13-11-9-7-2)20(16(21)19-14)17(22)23-18(3,4)5/h6-7,14-15H,1-2,8-13H2,3-5H3,(H,19,21)/t14-,15-/m0/s1. The quantitative estimate of drug-likeness (QED) is 0.532. The average molecular weight is 322 g/mol. The first-order valence-electron chi connectivity index (χ1n) is 8.34. The van der Waals surface area contributed by atoms with E-state index < -0.39 is 11.7 Å². The Morgan fingerprint density at radius 1 is 1.22 bits per heavy atom. The predicted molar refractivity (Wildman–Crippen MR) is 92.3 cm³/mol. The second kappa shape index (κ2) is 8.75. The van der Waals surface area contributed by atoms with Crippen LogP contribution in [0.1, 0.15) is 59.3 Å². The van der Waals surface area contributed by atoms with Crippen LogP contribution in [0, 0.1) is 0 Å². The van der Waals surface area contributed by atoms with E-state index in [0.29, 0.717) is 0 Å². The molecule has 5 heteroatoms. The number of hydrogen-bond donors (Lipinski definition) is 1. The van der Waals surface area contributed by atoms with E-state index in [1.807, 2.05) is 12.2 Å². The number of allylic oxidation sites excluding steroid dienone is 2. The van der Waals surface area contributed by atoms with Gasteiger partial charge in [0, 0.05) is 0 Å². The smallest absolute Gasteiger partial charge is 0.418 e. The van der Waals surface area contributed by atoms with Crippen LogP contribution in [0.4, 0.5) is 9.59 Å². The fourth-order valence-electron chi connectivity index (χ4n) is 2.73. The molecule has 0 bridgehead atoms. The fourth-order valence-corrected chi connectivity index (χ4v) is 2.73. The summed E-state index contributed by atoms with van der Waals surface area (Å²) < 4.78 is 5.39. The zero-order valence-corrected chi connectivity index (χ0v) is 14.6. The fraction of sp³-hybridized carbons (Fsp3) is 0.667. The molecule has 1 rings (SSSR count). The summed E-state index contributed by atoms with van der Waals surface area (Å²) >= 11 is 0. The molecule has 1 aliphatic heterocycles. The predicted octanol–water partition coefficient (Wildman–Crippen LogP) is 4.40. The number of nitrogens with one attached hydrogen (secondary N) is 1. The van der Waals surface area contributed by atoms with Crippen molar-refractivity contribution in [3.8, 4) is 0 Å². The van der Waals surface area contributed by atoms with Crippen molar-refractivity contribution in [2.24, 2.45) is 0 Å². The highest BCUT2D eigenvalue weighted by molar-refractivity contribution is 5.93. The Morgan fingerprint density at radius 2 is 1.78 bits per heavy atom. The summed E-state index contributed by atoms with van der Waals surface area (Å²) in [7, 11) is 0. The van der Waals surface area contributed by atoms with Crippen LogP contribution in [-0.2, 0) is 4.74 Å². The van der Waals surface area contributed by atoms with Gasteiger partial charge in [0.15, 0.2) is 0 Å². The molecule has 1 heterocycles. The number of amides is 3. The second-order valence-corrected chi connectivity index (χ2v) is 6.91. The van der Waals surface area contributed by atoms with E-state index in [-0.39, 0.29) is 18.1 Å². The molecule has 1 aliphatic rings. The number of carbonyl (C=O) groups is 2. The summed E-state index contributed by atoms with van der Waals surface area (Å²) in [5.41, 5.74) is -0.621. The number of urea groups is 1. The average Bonchev–Trinajstić information content (AvgIpc) is 2.74. The van der Waals surface area contributed by atoms with Crippen LogP contribution in [-0.4, -0.2) is 34.7 Å². The molecule has 1 fully saturated rings. The molecule has 3 amide bonds. The molecular weight excluding hydrogens is 292 g/mol. The van der Waals surface area contributed by atoms with Crippen LogP contribution in [0.2, 0.25) is 0 Å². The van der Waals surface area contributed by atoms with Gasteiger partial charge in [-0.2, -0.15) is 0 Å². The monoisotopic (exact) mass is 322 g/mol. The van der Waals surface area contributed by atoms with Gasteiger partial charge < -0.3 is 10.1 Å². The van der Waals surface area contributed by atoms with Gasteiger partial charge in [0.05, 0.1) is 12.1 Å². The minimum Gasteiger partial charge on any atom is -0.443 e. The molecule has 0 radical (unpaired) electrons. The van der Waals surface area contributed by atoms with E-state index in [1.165, 1.54) is 4.90 Å². The van der Waals surface area contributed by atoms with Crippen LogP contribution in [0.3, 0.4) is 0 Å². The van der Waals surface area contributed by atoms with Gasteiger partial charge in [-0.15, -0.1) is 13.2 Å². The summed E-state index contributed by atoms with van der Waals surface area (Å²) in [6, 6.07) is -0.548. The molecule has 0 spiro atoms.